The second-order valence-electron chi connectivity index (χ2n) is 7.10. The van der Waals surface area contributed by atoms with Gasteiger partial charge < -0.3 is 4.74 Å². The molecule has 2 saturated carbocycles. The number of likely N-dealkylation sites (N-methyl/N-ethyl adjacent to an activating group) is 1. The molecule has 2 bridgehead atoms. The monoisotopic (exact) mass is 331 g/mol. The van der Waals surface area contributed by atoms with Gasteiger partial charge in [-0.15, -0.1) is 0 Å². The number of likely N-dealkylation sites (tertiary alicyclic amines) is 1. The lowest BCUT2D eigenvalue weighted by atomic mass is 9.74. The minimum atomic E-state index is -3.41. The summed E-state index contributed by atoms with van der Waals surface area (Å²) in [6.07, 6.45) is 6.19. The topological polar surface area (TPSA) is 61.9 Å². The number of ether oxygens (including phenoxy) is 1. The molecule has 6 nitrogen and oxygen atoms in total. The van der Waals surface area contributed by atoms with E-state index < -0.39 is 10.2 Å². The van der Waals surface area contributed by atoms with E-state index >= 15 is 0 Å². The number of rotatable bonds is 7. The number of hydrogen-bond donors (Lipinski definition) is 1. The van der Waals surface area contributed by atoms with Crippen LogP contribution in [0.25, 0.3) is 0 Å². The molecule has 2 aliphatic carbocycles. The van der Waals surface area contributed by atoms with Crippen molar-refractivity contribution in [3.63, 3.8) is 0 Å². The van der Waals surface area contributed by atoms with Crippen molar-refractivity contribution in [2.24, 2.45) is 11.8 Å². The van der Waals surface area contributed by atoms with Gasteiger partial charge in [-0.3, -0.25) is 4.90 Å². The maximum Gasteiger partial charge on any atom is 0.279 e. The van der Waals surface area contributed by atoms with Gasteiger partial charge in [0.15, 0.2) is 0 Å². The van der Waals surface area contributed by atoms with Crippen molar-refractivity contribution in [3.05, 3.63) is 0 Å². The van der Waals surface area contributed by atoms with E-state index in [9.17, 15) is 8.42 Å². The number of piperidine rings is 1. The normalized spacial score (nSPS) is 33.3. The van der Waals surface area contributed by atoms with Gasteiger partial charge in [0.25, 0.3) is 10.2 Å². The highest BCUT2D eigenvalue weighted by Crippen LogP contribution is 2.39. The van der Waals surface area contributed by atoms with Gasteiger partial charge in [-0.25, -0.2) is 0 Å². The van der Waals surface area contributed by atoms with Crippen LogP contribution in [0.2, 0.25) is 0 Å². The Morgan fingerprint density at radius 3 is 2.36 bits per heavy atom. The fourth-order valence-electron chi connectivity index (χ4n) is 4.01. The van der Waals surface area contributed by atoms with E-state index in [0.717, 1.165) is 32.0 Å². The Balaban J connectivity index is 1.63. The Kier molecular flexibility index (Phi) is 5.09. The number of nitrogens with zero attached hydrogens (tertiary/aromatic N) is 2. The van der Waals surface area contributed by atoms with E-state index in [0.29, 0.717) is 25.0 Å². The molecule has 2 atom stereocenters. The van der Waals surface area contributed by atoms with Crippen molar-refractivity contribution < 1.29 is 13.2 Å². The predicted molar refractivity (Wildman–Crippen MR) is 85.8 cm³/mol. The van der Waals surface area contributed by atoms with E-state index in [2.05, 4.69) is 9.62 Å². The summed E-state index contributed by atoms with van der Waals surface area (Å²) in [4.78, 5) is 2.61. The van der Waals surface area contributed by atoms with Crippen LogP contribution in [0.15, 0.2) is 0 Å². The zero-order chi connectivity index (χ0) is 15.7. The SMILES string of the molecule is COCCN(C)S(=O)(=O)NC1[C@H]2CCC[C@H]1CN(C1CC1)C2. The summed E-state index contributed by atoms with van der Waals surface area (Å²) in [5.74, 6) is 0.942. The average molecular weight is 331 g/mol. The van der Waals surface area contributed by atoms with Crippen LogP contribution in [0.5, 0.6) is 0 Å². The number of fused-ring (bicyclic) bond motifs is 2. The molecule has 0 amide bonds. The molecule has 3 fully saturated rings. The highest BCUT2D eigenvalue weighted by molar-refractivity contribution is 7.87. The highest BCUT2D eigenvalue weighted by atomic mass is 32.2. The summed E-state index contributed by atoms with van der Waals surface area (Å²) in [5, 5.41) is 0. The van der Waals surface area contributed by atoms with Crippen molar-refractivity contribution in [3.8, 4) is 0 Å². The first-order chi connectivity index (χ1) is 10.5. The second kappa shape index (κ2) is 6.73. The Morgan fingerprint density at radius 1 is 1.18 bits per heavy atom. The molecule has 0 aromatic rings. The minimum absolute atomic E-state index is 0.110. The van der Waals surface area contributed by atoms with Gasteiger partial charge in [0.2, 0.25) is 0 Å². The largest absolute Gasteiger partial charge is 0.383 e. The van der Waals surface area contributed by atoms with E-state index in [1.165, 1.54) is 23.6 Å². The van der Waals surface area contributed by atoms with Crippen molar-refractivity contribution in [1.29, 1.82) is 0 Å². The van der Waals surface area contributed by atoms with Crippen molar-refractivity contribution in [1.82, 2.24) is 13.9 Å². The molecule has 3 aliphatic rings. The maximum absolute atomic E-state index is 12.5. The molecule has 0 unspecified atom stereocenters. The van der Waals surface area contributed by atoms with E-state index in [1.807, 2.05) is 0 Å². The molecular weight excluding hydrogens is 302 g/mol. The third-order valence-corrected chi connectivity index (χ3v) is 7.05. The van der Waals surface area contributed by atoms with Gasteiger partial charge in [0.05, 0.1) is 6.61 Å². The summed E-state index contributed by atoms with van der Waals surface area (Å²) in [6.45, 7) is 2.94. The fraction of sp³-hybridized carbons (Fsp3) is 1.00. The van der Waals surface area contributed by atoms with Crippen molar-refractivity contribution in [2.75, 3.05) is 40.4 Å². The molecule has 0 spiro atoms. The van der Waals surface area contributed by atoms with Crippen LogP contribution in [-0.4, -0.2) is 70.1 Å². The predicted octanol–water partition coefficient (Wildman–Crippen LogP) is 0.662. The lowest BCUT2D eigenvalue weighted by Crippen LogP contribution is -2.60. The third kappa shape index (κ3) is 3.64. The second-order valence-corrected chi connectivity index (χ2v) is 8.91. The zero-order valence-corrected chi connectivity index (χ0v) is 14.5. The molecule has 1 N–H and O–H groups in total. The molecule has 128 valence electrons. The summed E-state index contributed by atoms with van der Waals surface area (Å²) in [6, 6.07) is 0.892. The van der Waals surface area contributed by atoms with Gasteiger partial charge >= 0.3 is 0 Å². The Bertz CT molecular complexity index is 466. The molecular formula is C15H29N3O3S. The Hall–Kier alpha value is -0.210. The summed E-state index contributed by atoms with van der Waals surface area (Å²) >= 11 is 0. The van der Waals surface area contributed by atoms with Crippen molar-refractivity contribution >= 4 is 10.2 Å². The van der Waals surface area contributed by atoms with Crippen LogP contribution >= 0.6 is 0 Å². The number of hydrogen-bond acceptors (Lipinski definition) is 4. The molecule has 7 heteroatoms. The first-order valence-corrected chi connectivity index (χ1v) is 9.92. The molecule has 22 heavy (non-hydrogen) atoms. The molecule has 0 radical (unpaired) electrons. The van der Waals surface area contributed by atoms with Gasteiger partial charge in [0, 0.05) is 45.9 Å². The lowest BCUT2D eigenvalue weighted by molar-refractivity contribution is 0.0510. The highest BCUT2D eigenvalue weighted by Gasteiger charge is 2.45. The van der Waals surface area contributed by atoms with Gasteiger partial charge in [0.1, 0.15) is 0 Å². The van der Waals surface area contributed by atoms with E-state index in [-0.39, 0.29) is 6.04 Å². The summed E-state index contributed by atoms with van der Waals surface area (Å²) in [7, 11) is -0.201. The molecule has 0 aromatic heterocycles. The Labute approximate surface area is 134 Å². The fourth-order valence-corrected chi connectivity index (χ4v) is 5.23. The molecule has 3 rings (SSSR count). The summed E-state index contributed by atoms with van der Waals surface area (Å²) in [5.41, 5.74) is 0. The van der Waals surface area contributed by atoms with E-state index in [1.54, 1.807) is 14.2 Å². The van der Waals surface area contributed by atoms with Crippen molar-refractivity contribution in [2.45, 2.75) is 44.2 Å². The minimum Gasteiger partial charge on any atom is -0.383 e. The molecule has 1 saturated heterocycles. The van der Waals surface area contributed by atoms with Gasteiger partial charge in [-0.1, -0.05) is 6.42 Å². The maximum atomic E-state index is 12.5. The van der Waals surface area contributed by atoms with E-state index in [4.69, 9.17) is 4.74 Å². The lowest BCUT2D eigenvalue weighted by Gasteiger charge is -2.47. The molecule has 1 heterocycles. The quantitative estimate of drug-likeness (QED) is 0.744. The number of methoxy groups -OCH3 is 1. The van der Waals surface area contributed by atoms with Crippen LogP contribution in [0, 0.1) is 11.8 Å². The van der Waals surface area contributed by atoms with Crippen LogP contribution in [-0.2, 0) is 14.9 Å². The number of nitrogens with one attached hydrogen (secondary N) is 1. The van der Waals surface area contributed by atoms with Crippen LogP contribution in [0.4, 0.5) is 0 Å². The van der Waals surface area contributed by atoms with Crippen LogP contribution in [0.3, 0.4) is 0 Å². The molecule has 1 aliphatic heterocycles. The van der Waals surface area contributed by atoms with Crippen LogP contribution in [0.1, 0.15) is 32.1 Å². The van der Waals surface area contributed by atoms with Crippen LogP contribution < -0.4 is 4.72 Å². The first-order valence-electron chi connectivity index (χ1n) is 8.48. The standard InChI is InChI=1S/C15H29N3O3S/c1-17(8-9-21-2)22(19,20)16-15-12-4-3-5-13(15)11-18(10-12)14-6-7-14/h12-16H,3-11H2,1-2H3/t12-,13-/m0/s1. The Morgan fingerprint density at radius 2 is 1.82 bits per heavy atom. The smallest absolute Gasteiger partial charge is 0.279 e. The summed E-state index contributed by atoms with van der Waals surface area (Å²) < 4.78 is 34.4. The average Bonchev–Trinajstić information content (AvgIpc) is 3.28. The van der Waals surface area contributed by atoms with Gasteiger partial charge in [-0.05, 0) is 37.5 Å². The zero-order valence-electron chi connectivity index (χ0n) is 13.7. The third-order valence-electron chi connectivity index (χ3n) is 5.47. The van der Waals surface area contributed by atoms with Gasteiger partial charge in [-0.2, -0.15) is 17.4 Å². The molecule has 0 aromatic carbocycles. The first kappa shape index (κ1) is 16.6.